The van der Waals surface area contributed by atoms with E-state index in [9.17, 15) is 4.79 Å². The molecule has 0 radical (unpaired) electrons. The second-order valence-corrected chi connectivity index (χ2v) is 4.81. The van der Waals surface area contributed by atoms with Crippen LogP contribution in [0, 0.1) is 0 Å². The number of rotatable bonds is 4. The number of carbonyl (C=O) groups excluding carboxylic acids is 1. The van der Waals surface area contributed by atoms with Crippen LogP contribution in [0.25, 0.3) is 0 Å². The van der Waals surface area contributed by atoms with E-state index < -0.39 is 0 Å². The summed E-state index contributed by atoms with van der Waals surface area (Å²) < 4.78 is 0. The summed E-state index contributed by atoms with van der Waals surface area (Å²) in [5, 5.41) is 3.19. The van der Waals surface area contributed by atoms with Gasteiger partial charge in [-0.3, -0.25) is 9.78 Å². The summed E-state index contributed by atoms with van der Waals surface area (Å²) in [6, 6.07) is 2.20. The molecular formula is C14H21N3O. The molecule has 1 aromatic heterocycles. The largest absolute Gasteiger partial charge is 0.383 e. The first-order valence-corrected chi connectivity index (χ1v) is 6.69. The molecule has 1 heterocycles. The molecule has 1 N–H and O–H groups in total. The molecule has 1 aromatic rings. The van der Waals surface area contributed by atoms with Crippen molar-refractivity contribution in [3.05, 3.63) is 24.0 Å². The van der Waals surface area contributed by atoms with Gasteiger partial charge >= 0.3 is 0 Å². The van der Waals surface area contributed by atoms with Gasteiger partial charge in [0.15, 0.2) is 0 Å². The van der Waals surface area contributed by atoms with Gasteiger partial charge in [0.25, 0.3) is 5.91 Å². The van der Waals surface area contributed by atoms with E-state index in [0.29, 0.717) is 6.04 Å². The molecule has 1 aliphatic carbocycles. The molecule has 0 aliphatic heterocycles. The van der Waals surface area contributed by atoms with Crippen LogP contribution < -0.4 is 5.32 Å². The predicted octanol–water partition coefficient (Wildman–Crippen LogP) is 2.53. The summed E-state index contributed by atoms with van der Waals surface area (Å²) in [7, 11) is 1.91. The monoisotopic (exact) mass is 247 g/mol. The lowest BCUT2D eigenvalue weighted by atomic mass is 10.1. The average molecular weight is 247 g/mol. The molecule has 0 aromatic carbocycles. The van der Waals surface area contributed by atoms with E-state index in [-0.39, 0.29) is 5.91 Å². The van der Waals surface area contributed by atoms with Crippen molar-refractivity contribution < 1.29 is 4.79 Å². The molecule has 4 nitrogen and oxygen atoms in total. The molecule has 1 amide bonds. The standard InChI is InChI=1S/C14H21N3O/c1-3-16-13-10-15-9-8-12(13)14(18)17(2)11-6-4-5-7-11/h8-11,16H,3-7H2,1-2H3. The van der Waals surface area contributed by atoms with E-state index in [0.717, 1.165) is 30.6 Å². The summed E-state index contributed by atoms with van der Waals surface area (Å²) in [4.78, 5) is 18.4. The minimum absolute atomic E-state index is 0.0975. The molecule has 0 saturated heterocycles. The summed E-state index contributed by atoms with van der Waals surface area (Å²) in [6.07, 6.45) is 8.13. The number of nitrogens with one attached hydrogen (secondary N) is 1. The van der Waals surface area contributed by atoms with Gasteiger partial charge in [-0.25, -0.2) is 0 Å². The Morgan fingerprint density at radius 1 is 1.50 bits per heavy atom. The van der Waals surface area contributed by atoms with Crippen molar-refractivity contribution >= 4 is 11.6 Å². The summed E-state index contributed by atoms with van der Waals surface area (Å²) in [6.45, 7) is 2.81. The molecule has 98 valence electrons. The molecule has 1 saturated carbocycles. The fourth-order valence-electron chi connectivity index (χ4n) is 2.56. The maximum atomic E-state index is 12.5. The van der Waals surface area contributed by atoms with Gasteiger partial charge in [0.05, 0.1) is 17.4 Å². The van der Waals surface area contributed by atoms with Crippen LogP contribution in [0.5, 0.6) is 0 Å². The molecule has 0 spiro atoms. The molecular weight excluding hydrogens is 226 g/mol. The first-order valence-electron chi connectivity index (χ1n) is 6.69. The lowest BCUT2D eigenvalue weighted by Crippen LogP contribution is -2.35. The quantitative estimate of drug-likeness (QED) is 0.889. The van der Waals surface area contributed by atoms with Crippen LogP contribution in [-0.2, 0) is 0 Å². The Bertz CT molecular complexity index is 413. The van der Waals surface area contributed by atoms with Crippen molar-refractivity contribution in [2.75, 3.05) is 18.9 Å². The summed E-state index contributed by atoms with van der Waals surface area (Å²) in [5.74, 6) is 0.0975. The Hall–Kier alpha value is -1.58. The number of hydrogen-bond acceptors (Lipinski definition) is 3. The Balaban J connectivity index is 2.16. The highest BCUT2D eigenvalue weighted by atomic mass is 16.2. The van der Waals surface area contributed by atoms with E-state index in [1.54, 1.807) is 18.5 Å². The number of aromatic nitrogens is 1. The highest BCUT2D eigenvalue weighted by Crippen LogP contribution is 2.25. The zero-order valence-electron chi connectivity index (χ0n) is 11.1. The summed E-state index contributed by atoms with van der Waals surface area (Å²) in [5.41, 5.74) is 1.55. The van der Waals surface area contributed by atoms with Crippen molar-refractivity contribution in [3.8, 4) is 0 Å². The minimum Gasteiger partial charge on any atom is -0.383 e. The normalized spacial score (nSPS) is 15.7. The van der Waals surface area contributed by atoms with Gasteiger partial charge in [0.2, 0.25) is 0 Å². The zero-order chi connectivity index (χ0) is 13.0. The van der Waals surface area contributed by atoms with Crippen molar-refractivity contribution in [2.45, 2.75) is 38.6 Å². The number of anilines is 1. The molecule has 2 rings (SSSR count). The molecule has 0 atom stereocenters. The zero-order valence-corrected chi connectivity index (χ0v) is 11.1. The number of hydrogen-bond donors (Lipinski definition) is 1. The smallest absolute Gasteiger partial charge is 0.256 e. The third-order valence-corrected chi connectivity index (χ3v) is 3.61. The average Bonchev–Trinajstić information content (AvgIpc) is 2.92. The van der Waals surface area contributed by atoms with Crippen LogP contribution in [-0.4, -0.2) is 35.4 Å². The second-order valence-electron chi connectivity index (χ2n) is 4.81. The Labute approximate surface area is 108 Å². The fourth-order valence-corrected chi connectivity index (χ4v) is 2.56. The van der Waals surface area contributed by atoms with Gasteiger partial charge in [-0.1, -0.05) is 12.8 Å². The van der Waals surface area contributed by atoms with E-state index in [2.05, 4.69) is 10.3 Å². The van der Waals surface area contributed by atoms with E-state index >= 15 is 0 Å². The van der Waals surface area contributed by atoms with Crippen LogP contribution in [0.2, 0.25) is 0 Å². The third-order valence-electron chi connectivity index (χ3n) is 3.61. The van der Waals surface area contributed by atoms with E-state index in [1.165, 1.54) is 12.8 Å². The van der Waals surface area contributed by atoms with Crippen molar-refractivity contribution in [2.24, 2.45) is 0 Å². The van der Waals surface area contributed by atoms with Crippen molar-refractivity contribution in [3.63, 3.8) is 0 Å². The third kappa shape index (κ3) is 2.63. The topological polar surface area (TPSA) is 45.2 Å². The highest BCUT2D eigenvalue weighted by Gasteiger charge is 2.25. The molecule has 0 bridgehead atoms. The van der Waals surface area contributed by atoms with Crippen LogP contribution in [0.3, 0.4) is 0 Å². The first-order chi connectivity index (χ1) is 8.74. The first kappa shape index (κ1) is 12.9. The molecule has 4 heteroatoms. The number of pyridine rings is 1. The lowest BCUT2D eigenvalue weighted by molar-refractivity contribution is 0.0736. The van der Waals surface area contributed by atoms with Gasteiger partial charge in [-0.05, 0) is 25.8 Å². The van der Waals surface area contributed by atoms with Gasteiger partial charge in [-0.2, -0.15) is 0 Å². The number of amides is 1. The maximum absolute atomic E-state index is 12.5. The molecule has 1 aliphatic rings. The van der Waals surface area contributed by atoms with Gasteiger partial charge in [0, 0.05) is 25.8 Å². The maximum Gasteiger partial charge on any atom is 0.256 e. The van der Waals surface area contributed by atoms with Gasteiger partial charge < -0.3 is 10.2 Å². The SMILES string of the molecule is CCNc1cnccc1C(=O)N(C)C1CCCC1. The van der Waals surface area contributed by atoms with E-state index in [1.807, 2.05) is 18.9 Å². The van der Waals surface area contributed by atoms with Crippen LogP contribution >= 0.6 is 0 Å². The van der Waals surface area contributed by atoms with Gasteiger partial charge in [-0.15, -0.1) is 0 Å². The predicted molar refractivity (Wildman–Crippen MR) is 72.8 cm³/mol. The number of carbonyl (C=O) groups is 1. The minimum atomic E-state index is 0.0975. The second kappa shape index (κ2) is 5.85. The Morgan fingerprint density at radius 2 is 2.22 bits per heavy atom. The Kier molecular flexibility index (Phi) is 4.18. The molecule has 1 fully saturated rings. The van der Waals surface area contributed by atoms with Crippen LogP contribution in [0.1, 0.15) is 43.0 Å². The summed E-state index contributed by atoms with van der Waals surface area (Å²) >= 11 is 0. The number of nitrogens with zero attached hydrogens (tertiary/aromatic N) is 2. The molecule has 18 heavy (non-hydrogen) atoms. The van der Waals surface area contributed by atoms with Crippen LogP contribution in [0.15, 0.2) is 18.5 Å². The van der Waals surface area contributed by atoms with E-state index in [4.69, 9.17) is 0 Å². The molecule has 0 unspecified atom stereocenters. The van der Waals surface area contributed by atoms with Crippen LogP contribution in [0.4, 0.5) is 5.69 Å². The van der Waals surface area contributed by atoms with Crippen molar-refractivity contribution in [1.29, 1.82) is 0 Å². The lowest BCUT2D eigenvalue weighted by Gasteiger charge is -2.25. The fraction of sp³-hybridized carbons (Fsp3) is 0.571. The van der Waals surface area contributed by atoms with Gasteiger partial charge in [0.1, 0.15) is 0 Å². The highest BCUT2D eigenvalue weighted by molar-refractivity contribution is 5.99. The van der Waals surface area contributed by atoms with Crippen molar-refractivity contribution in [1.82, 2.24) is 9.88 Å². The Morgan fingerprint density at radius 3 is 2.89 bits per heavy atom.